The minimum Gasteiger partial charge on any atom is -0.492 e. The third-order valence-corrected chi connectivity index (χ3v) is 3.65. The molecule has 1 N–H and O–H groups in total. The van der Waals surface area contributed by atoms with E-state index >= 15 is 0 Å². The number of benzene rings is 1. The van der Waals surface area contributed by atoms with E-state index in [9.17, 15) is 4.79 Å². The summed E-state index contributed by atoms with van der Waals surface area (Å²) in [4.78, 5) is 12.1. The van der Waals surface area contributed by atoms with Crippen molar-refractivity contribution in [1.82, 2.24) is 5.32 Å². The van der Waals surface area contributed by atoms with Crippen LogP contribution in [0.1, 0.15) is 12.5 Å². The lowest BCUT2D eigenvalue weighted by Gasteiger charge is -2.05. The SMILES string of the molecule is CCOc1ccc(C=C2SC(=S)NC2=O)cc1Cl. The number of ether oxygens (including phenoxy) is 1. The van der Waals surface area contributed by atoms with Crippen LogP contribution in [0.25, 0.3) is 6.08 Å². The molecule has 0 spiro atoms. The first kappa shape index (κ1) is 13.4. The molecule has 1 fully saturated rings. The topological polar surface area (TPSA) is 38.3 Å². The smallest absolute Gasteiger partial charge is 0.263 e. The summed E-state index contributed by atoms with van der Waals surface area (Å²) in [6, 6.07) is 5.39. The van der Waals surface area contributed by atoms with Gasteiger partial charge in [0.2, 0.25) is 0 Å². The van der Waals surface area contributed by atoms with E-state index in [1.165, 1.54) is 11.8 Å². The Morgan fingerprint density at radius 1 is 1.56 bits per heavy atom. The lowest BCUT2D eigenvalue weighted by atomic mass is 10.2. The Labute approximate surface area is 120 Å². The van der Waals surface area contributed by atoms with Gasteiger partial charge in [-0.1, -0.05) is 41.6 Å². The molecule has 18 heavy (non-hydrogen) atoms. The highest BCUT2D eigenvalue weighted by molar-refractivity contribution is 8.26. The summed E-state index contributed by atoms with van der Waals surface area (Å²) in [6.07, 6.45) is 1.75. The van der Waals surface area contributed by atoms with Crippen molar-refractivity contribution in [3.05, 3.63) is 33.7 Å². The van der Waals surface area contributed by atoms with Crippen molar-refractivity contribution in [2.75, 3.05) is 6.61 Å². The molecule has 1 aromatic carbocycles. The number of thiocarbonyl (C=S) groups is 1. The van der Waals surface area contributed by atoms with Gasteiger partial charge >= 0.3 is 0 Å². The largest absolute Gasteiger partial charge is 0.492 e. The van der Waals surface area contributed by atoms with Crippen LogP contribution in [-0.4, -0.2) is 16.8 Å². The molecule has 2 rings (SSSR count). The molecule has 1 aliphatic heterocycles. The molecular weight excluding hydrogens is 290 g/mol. The molecule has 0 bridgehead atoms. The van der Waals surface area contributed by atoms with Crippen molar-refractivity contribution in [3.8, 4) is 5.75 Å². The van der Waals surface area contributed by atoms with Gasteiger partial charge in [-0.2, -0.15) is 0 Å². The van der Waals surface area contributed by atoms with Crippen molar-refractivity contribution < 1.29 is 9.53 Å². The maximum absolute atomic E-state index is 11.5. The van der Waals surface area contributed by atoms with E-state index in [0.717, 1.165) is 5.56 Å². The van der Waals surface area contributed by atoms with Crippen molar-refractivity contribution in [2.45, 2.75) is 6.92 Å². The Morgan fingerprint density at radius 3 is 2.89 bits per heavy atom. The lowest BCUT2D eigenvalue weighted by molar-refractivity contribution is -0.115. The van der Waals surface area contributed by atoms with E-state index in [1.54, 1.807) is 18.2 Å². The average molecular weight is 300 g/mol. The fourth-order valence-electron chi connectivity index (χ4n) is 1.45. The van der Waals surface area contributed by atoms with Crippen molar-refractivity contribution in [3.63, 3.8) is 0 Å². The van der Waals surface area contributed by atoms with E-state index in [0.29, 0.717) is 26.6 Å². The van der Waals surface area contributed by atoms with Gasteiger partial charge in [-0.25, -0.2) is 0 Å². The molecule has 3 nitrogen and oxygen atoms in total. The lowest BCUT2D eigenvalue weighted by Crippen LogP contribution is -2.17. The third kappa shape index (κ3) is 3.04. The Kier molecular flexibility index (Phi) is 4.27. The zero-order valence-corrected chi connectivity index (χ0v) is 11.9. The summed E-state index contributed by atoms with van der Waals surface area (Å²) in [5.74, 6) is 0.468. The zero-order valence-electron chi connectivity index (χ0n) is 9.53. The molecule has 94 valence electrons. The highest BCUT2D eigenvalue weighted by atomic mass is 35.5. The molecule has 1 amide bonds. The van der Waals surface area contributed by atoms with Gasteiger partial charge in [-0.3, -0.25) is 4.79 Å². The second-order valence-corrected chi connectivity index (χ2v) is 5.60. The summed E-state index contributed by atoms with van der Waals surface area (Å²) < 4.78 is 5.82. The molecule has 0 radical (unpaired) electrons. The predicted octanol–water partition coefficient (Wildman–Crippen LogP) is 3.23. The standard InChI is InChI=1S/C12H10ClNO2S2/c1-2-16-9-4-3-7(5-8(9)13)6-10-11(15)14-12(17)18-10/h3-6H,2H2,1H3,(H,14,15,17). The van der Waals surface area contributed by atoms with Crippen LogP contribution in [-0.2, 0) is 4.79 Å². The first-order valence-electron chi connectivity index (χ1n) is 5.27. The van der Waals surface area contributed by atoms with E-state index < -0.39 is 0 Å². The van der Waals surface area contributed by atoms with Crippen molar-refractivity contribution >= 4 is 51.9 Å². The fourth-order valence-corrected chi connectivity index (χ4v) is 2.74. The van der Waals surface area contributed by atoms with Crippen LogP contribution in [0, 0.1) is 0 Å². The van der Waals surface area contributed by atoms with Crippen LogP contribution in [0.5, 0.6) is 5.75 Å². The minimum atomic E-state index is -0.171. The molecule has 0 aliphatic carbocycles. The number of hydrogen-bond acceptors (Lipinski definition) is 4. The number of amides is 1. The zero-order chi connectivity index (χ0) is 13.1. The minimum absolute atomic E-state index is 0.171. The fraction of sp³-hybridized carbons (Fsp3) is 0.167. The number of nitrogens with one attached hydrogen (secondary N) is 1. The summed E-state index contributed by atoms with van der Waals surface area (Å²) in [5, 5.41) is 3.09. The van der Waals surface area contributed by atoms with Gasteiger partial charge in [0.25, 0.3) is 5.91 Å². The second kappa shape index (κ2) is 5.73. The van der Waals surface area contributed by atoms with Crippen LogP contribution in [0.15, 0.2) is 23.1 Å². The first-order valence-corrected chi connectivity index (χ1v) is 6.87. The first-order chi connectivity index (χ1) is 8.60. The van der Waals surface area contributed by atoms with E-state index in [2.05, 4.69) is 5.32 Å². The van der Waals surface area contributed by atoms with Gasteiger partial charge in [0.1, 0.15) is 10.1 Å². The van der Waals surface area contributed by atoms with Gasteiger partial charge < -0.3 is 10.1 Å². The Hall–Kier alpha value is -1.04. The maximum Gasteiger partial charge on any atom is 0.263 e. The molecular formula is C12H10ClNO2S2. The molecule has 6 heteroatoms. The number of hydrogen-bond donors (Lipinski definition) is 1. The van der Waals surface area contributed by atoms with Crippen LogP contribution >= 0.6 is 35.6 Å². The number of carbonyl (C=O) groups excluding carboxylic acids is 1. The Bertz CT molecular complexity index is 543. The van der Waals surface area contributed by atoms with Gasteiger partial charge in [0, 0.05) is 0 Å². The second-order valence-electron chi connectivity index (χ2n) is 3.48. The number of rotatable bonds is 3. The number of thioether (sulfide) groups is 1. The van der Waals surface area contributed by atoms with Gasteiger partial charge in [0.05, 0.1) is 16.5 Å². The third-order valence-electron chi connectivity index (χ3n) is 2.20. The molecule has 0 saturated carbocycles. The van der Waals surface area contributed by atoms with Gasteiger partial charge in [0.15, 0.2) is 0 Å². The van der Waals surface area contributed by atoms with E-state index in [-0.39, 0.29) is 5.91 Å². The highest BCUT2D eigenvalue weighted by Gasteiger charge is 2.21. The molecule has 1 heterocycles. The molecule has 0 aromatic heterocycles. The maximum atomic E-state index is 11.5. The quantitative estimate of drug-likeness (QED) is 0.687. The van der Waals surface area contributed by atoms with E-state index in [4.69, 9.17) is 28.6 Å². The van der Waals surface area contributed by atoms with Crippen LogP contribution in [0.2, 0.25) is 5.02 Å². The summed E-state index contributed by atoms with van der Waals surface area (Å²) >= 11 is 12.2. The highest BCUT2D eigenvalue weighted by Crippen LogP contribution is 2.29. The predicted molar refractivity (Wildman–Crippen MR) is 78.9 cm³/mol. The molecule has 1 saturated heterocycles. The molecule has 1 aliphatic rings. The van der Waals surface area contributed by atoms with Crippen molar-refractivity contribution in [2.24, 2.45) is 0 Å². The van der Waals surface area contributed by atoms with Gasteiger partial charge in [-0.15, -0.1) is 0 Å². The normalized spacial score (nSPS) is 17.1. The number of halogens is 1. The molecule has 0 atom stereocenters. The van der Waals surface area contributed by atoms with E-state index in [1.807, 2.05) is 13.0 Å². The average Bonchev–Trinajstić information content (AvgIpc) is 2.61. The monoisotopic (exact) mass is 299 g/mol. The van der Waals surface area contributed by atoms with Crippen LogP contribution in [0.4, 0.5) is 0 Å². The molecule has 0 unspecified atom stereocenters. The molecule has 1 aromatic rings. The summed E-state index contributed by atoms with van der Waals surface area (Å²) in [7, 11) is 0. The Morgan fingerprint density at radius 2 is 2.33 bits per heavy atom. The van der Waals surface area contributed by atoms with Gasteiger partial charge in [-0.05, 0) is 30.7 Å². The van der Waals surface area contributed by atoms with Crippen molar-refractivity contribution in [1.29, 1.82) is 0 Å². The number of carbonyl (C=O) groups is 1. The Balaban J connectivity index is 2.25. The van der Waals surface area contributed by atoms with Crippen LogP contribution in [0.3, 0.4) is 0 Å². The summed E-state index contributed by atoms with van der Waals surface area (Å²) in [6.45, 7) is 2.46. The summed E-state index contributed by atoms with van der Waals surface area (Å²) in [5.41, 5.74) is 0.839. The van der Waals surface area contributed by atoms with Crippen LogP contribution < -0.4 is 10.1 Å².